The average molecular weight is 238 g/mol. The van der Waals surface area contributed by atoms with Crippen molar-refractivity contribution < 1.29 is 4.42 Å². The van der Waals surface area contributed by atoms with Crippen LogP contribution in [0.25, 0.3) is 0 Å². The summed E-state index contributed by atoms with van der Waals surface area (Å²) in [7, 11) is 0. The lowest BCUT2D eigenvalue weighted by Crippen LogP contribution is -2.25. The molecule has 0 saturated carbocycles. The van der Waals surface area contributed by atoms with Crippen LogP contribution in [0.1, 0.15) is 52.0 Å². The summed E-state index contributed by atoms with van der Waals surface area (Å²) in [6, 6.07) is 0.426. The van der Waals surface area contributed by atoms with Crippen LogP contribution in [-0.2, 0) is 0 Å². The standard InChI is InChI=1S/C12H22N4O/c1-9(13)10-14-15-11(17-10)16-7-4-5-12(2,3)6-8-16/h9H,4-8,13H2,1-3H3. The molecule has 0 amide bonds. The molecule has 0 radical (unpaired) electrons. The monoisotopic (exact) mass is 238 g/mol. The Kier molecular flexibility index (Phi) is 3.38. The van der Waals surface area contributed by atoms with Crippen molar-refractivity contribution in [3.63, 3.8) is 0 Å². The third-order valence-electron chi connectivity index (χ3n) is 3.43. The van der Waals surface area contributed by atoms with Crippen molar-refractivity contribution in [2.24, 2.45) is 11.1 Å². The molecule has 2 N–H and O–H groups in total. The number of hydrogen-bond acceptors (Lipinski definition) is 5. The highest BCUT2D eigenvalue weighted by molar-refractivity contribution is 5.24. The maximum atomic E-state index is 5.72. The van der Waals surface area contributed by atoms with Crippen molar-refractivity contribution >= 4 is 6.01 Å². The first-order valence-electron chi connectivity index (χ1n) is 6.32. The van der Waals surface area contributed by atoms with Gasteiger partial charge in [-0.2, -0.15) is 0 Å². The van der Waals surface area contributed by atoms with E-state index in [1.54, 1.807) is 0 Å². The van der Waals surface area contributed by atoms with Gasteiger partial charge >= 0.3 is 6.01 Å². The molecular formula is C12H22N4O. The van der Waals surface area contributed by atoms with Gasteiger partial charge in [0.15, 0.2) is 0 Å². The molecule has 1 atom stereocenters. The molecule has 1 aliphatic heterocycles. The Labute approximate surface area is 102 Å². The van der Waals surface area contributed by atoms with Crippen molar-refractivity contribution in [3.8, 4) is 0 Å². The summed E-state index contributed by atoms with van der Waals surface area (Å²) in [4.78, 5) is 2.17. The van der Waals surface area contributed by atoms with E-state index in [1.807, 2.05) is 6.92 Å². The van der Waals surface area contributed by atoms with Gasteiger partial charge in [0.2, 0.25) is 5.89 Å². The van der Waals surface area contributed by atoms with Crippen molar-refractivity contribution in [3.05, 3.63) is 5.89 Å². The van der Waals surface area contributed by atoms with E-state index in [0.717, 1.165) is 19.5 Å². The lowest BCUT2D eigenvalue weighted by Gasteiger charge is -2.22. The van der Waals surface area contributed by atoms with Crippen LogP contribution in [0.4, 0.5) is 6.01 Å². The van der Waals surface area contributed by atoms with Gasteiger partial charge in [-0.3, -0.25) is 0 Å². The van der Waals surface area contributed by atoms with E-state index >= 15 is 0 Å². The average Bonchev–Trinajstić information content (AvgIpc) is 2.65. The Balaban J connectivity index is 2.06. The fourth-order valence-corrected chi connectivity index (χ4v) is 2.15. The number of nitrogens with two attached hydrogens (primary N) is 1. The molecule has 5 heteroatoms. The van der Waals surface area contributed by atoms with Gasteiger partial charge < -0.3 is 15.1 Å². The van der Waals surface area contributed by atoms with Crippen molar-refractivity contribution in [1.82, 2.24) is 10.2 Å². The second kappa shape index (κ2) is 4.64. The van der Waals surface area contributed by atoms with Crippen LogP contribution in [-0.4, -0.2) is 23.3 Å². The van der Waals surface area contributed by atoms with Gasteiger partial charge in [0, 0.05) is 13.1 Å². The second-order valence-electron chi connectivity index (χ2n) is 5.72. The predicted molar refractivity (Wildman–Crippen MR) is 66.7 cm³/mol. The highest BCUT2D eigenvalue weighted by Crippen LogP contribution is 2.31. The third-order valence-corrected chi connectivity index (χ3v) is 3.43. The first-order valence-corrected chi connectivity index (χ1v) is 6.32. The lowest BCUT2D eigenvalue weighted by molar-refractivity contribution is 0.324. The van der Waals surface area contributed by atoms with Crippen molar-refractivity contribution in [2.45, 2.75) is 46.1 Å². The zero-order valence-corrected chi connectivity index (χ0v) is 10.9. The second-order valence-corrected chi connectivity index (χ2v) is 5.72. The van der Waals surface area contributed by atoms with Crippen LogP contribution in [0.5, 0.6) is 0 Å². The molecule has 0 aromatic carbocycles. The summed E-state index contributed by atoms with van der Waals surface area (Å²) in [5.74, 6) is 0.517. The first kappa shape index (κ1) is 12.4. The van der Waals surface area contributed by atoms with E-state index in [1.165, 1.54) is 12.8 Å². The highest BCUT2D eigenvalue weighted by Gasteiger charge is 2.25. The van der Waals surface area contributed by atoms with E-state index in [2.05, 4.69) is 28.9 Å². The summed E-state index contributed by atoms with van der Waals surface area (Å²) in [5, 5.41) is 8.05. The zero-order valence-electron chi connectivity index (χ0n) is 10.9. The van der Waals surface area contributed by atoms with E-state index < -0.39 is 0 Å². The van der Waals surface area contributed by atoms with Gasteiger partial charge in [-0.1, -0.05) is 18.9 Å². The highest BCUT2D eigenvalue weighted by atomic mass is 16.4. The molecular weight excluding hydrogens is 216 g/mol. The molecule has 1 saturated heterocycles. The van der Waals surface area contributed by atoms with Crippen LogP contribution in [0.2, 0.25) is 0 Å². The van der Waals surface area contributed by atoms with Crippen LogP contribution >= 0.6 is 0 Å². The minimum Gasteiger partial charge on any atom is -0.406 e. The van der Waals surface area contributed by atoms with Crippen LogP contribution in [0.15, 0.2) is 4.42 Å². The van der Waals surface area contributed by atoms with Crippen LogP contribution < -0.4 is 10.6 Å². The normalized spacial score (nSPS) is 22.2. The minimum absolute atomic E-state index is 0.195. The van der Waals surface area contributed by atoms with Gasteiger partial charge in [-0.15, -0.1) is 5.10 Å². The molecule has 1 fully saturated rings. The molecule has 0 spiro atoms. The molecule has 0 bridgehead atoms. The summed E-state index contributed by atoms with van der Waals surface area (Å²) in [6.45, 7) is 8.45. The van der Waals surface area contributed by atoms with E-state index in [4.69, 9.17) is 10.2 Å². The predicted octanol–water partition coefficient (Wildman–Crippen LogP) is 2.11. The Bertz CT molecular complexity index is 372. The quantitative estimate of drug-likeness (QED) is 0.854. The number of hydrogen-bond donors (Lipinski definition) is 1. The Morgan fingerprint density at radius 3 is 2.71 bits per heavy atom. The van der Waals surface area contributed by atoms with Gasteiger partial charge in [-0.05, 0) is 31.6 Å². The number of nitrogens with zero attached hydrogens (tertiary/aromatic N) is 3. The molecule has 5 nitrogen and oxygen atoms in total. The van der Waals surface area contributed by atoms with Gasteiger partial charge in [0.05, 0.1) is 6.04 Å². The largest absolute Gasteiger partial charge is 0.406 e. The van der Waals surface area contributed by atoms with Gasteiger partial charge in [0.25, 0.3) is 0 Å². The Hall–Kier alpha value is -1.10. The summed E-state index contributed by atoms with van der Waals surface area (Å²) in [5.41, 5.74) is 6.13. The number of rotatable bonds is 2. The zero-order chi connectivity index (χ0) is 12.5. The minimum atomic E-state index is -0.195. The number of aromatic nitrogens is 2. The molecule has 1 aromatic heterocycles. The van der Waals surface area contributed by atoms with Gasteiger partial charge in [-0.25, -0.2) is 0 Å². The smallest absolute Gasteiger partial charge is 0.318 e. The van der Waals surface area contributed by atoms with Crippen molar-refractivity contribution in [1.29, 1.82) is 0 Å². The molecule has 17 heavy (non-hydrogen) atoms. The summed E-state index contributed by atoms with van der Waals surface area (Å²) in [6.07, 6.45) is 3.57. The topological polar surface area (TPSA) is 68.2 Å². The maximum absolute atomic E-state index is 5.72. The third kappa shape index (κ3) is 2.97. The summed E-state index contributed by atoms with van der Waals surface area (Å²) >= 11 is 0. The van der Waals surface area contributed by atoms with Crippen LogP contribution in [0.3, 0.4) is 0 Å². The Morgan fingerprint density at radius 2 is 2.06 bits per heavy atom. The summed E-state index contributed by atoms with van der Waals surface area (Å²) < 4.78 is 5.59. The fourth-order valence-electron chi connectivity index (χ4n) is 2.15. The molecule has 1 aliphatic rings. The molecule has 0 aliphatic carbocycles. The first-order chi connectivity index (χ1) is 7.98. The SMILES string of the molecule is CC(N)c1nnc(N2CCCC(C)(C)CC2)o1. The lowest BCUT2D eigenvalue weighted by atomic mass is 9.85. The number of anilines is 1. The molecule has 2 rings (SSSR count). The van der Waals surface area contributed by atoms with Crippen molar-refractivity contribution in [2.75, 3.05) is 18.0 Å². The van der Waals surface area contributed by atoms with E-state index in [0.29, 0.717) is 17.3 Å². The molecule has 2 heterocycles. The Morgan fingerprint density at radius 1 is 1.29 bits per heavy atom. The molecule has 96 valence electrons. The van der Waals surface area contributed by atoms with E-state index in [9.17, 15) is 0 Å². The molecule has 1 unspecified atom stereocenters. The maximum Gasteiger partial charge on any atom is 0.318 e. The fraction of sp³-hybridized carbons (Fsp3) is 0.833. The van der Waals surface area contributed by atoms with E-state index in [-0.39, 0.29) is 6.04 Å². The van der Waals surface area contributed by atoms with Crippen LogP contribution in [0, 0.1) is 5.41 Å². The van der Waals surface area contributed by atoms with Gasteiger partial charge in [0.1, 0.15) is 0 Å². The molecule has 1 aromatic rings.